The highest BCUT2D eigenvalue weighted by atomic mass is 79.9. The van der Waals surface area contributed by atoms with E-state index >= 15 is 0 Å². The molecule has 1 aliphatic heterocycles. The van der Waals surface area contributed by atoms with E-state index in [4.69, 9.17) is 4.74 Å². The van der Waals surface area contributed by atoms with Crippen LogP contribution in [0.3, 0.4) is 0 Å². The molecule has 1 aromatic heterocycles. The molecule has 0 spiro atoms. The Labute approximate surface area is 230 Å². The van der Waals surface area contributed by atoms with Gasteiger partial charge < -0.3 is 25.2 Å². The molecule has 1 aliphatic rings. The number of carbonyl (C=O) groups is 1. The van der Waals surface area contributed by atoms with Crippen LogP contribution in [0.5, 0.6) is 5.75 Å². The van der Waals surface area contributed by atoms with Crippen molar-refractivity contribution in [1.29, 1.82) is 0 Å². The van der Waals surface area contributed by atoms with Gasteiger partial charge in [0.05, 0.1) is 22.5 Å². The Morgan fingerprint density at radius 3 is 2.50 bits per heavy atom. The molecule has 3 aromatic rings. The predicted molar refractivity (Wildman–Crippen MR) is 151 cm³/mol. The number of piperazine rings is 1. The van der Waals surface area contributed by atoms with Crippen LogP contribution in [0.25, 0.3) is 0 Å². The fourth-order valence-corrected chi connectivity index (χ4v) is 5.22. The Kier molecular flexibility index (Phi) is 8.69. The summed E-state index contributed by atoms with van der Waals surface area (Å²) in [5.74, 6) is 1.42. The second-order valence-corrected chi connectivity index (χ2v) is 11.2. The lowest BCUT2D eigenvalue weighted by molar-refractivity contribution is -0.129. The maximum Gasteiger partial charge on any atom is 0.242 e. The number of halogens is 1. The number of nitrogens with zero attached hydrogens (tertiary/aromatic N) is 4. The van der Waals surface area contributed by atoms with Crippen LogP contribution < -0.4 is 25.0 Å². The van der Waals surface area contributed by atoms with E-state index < -0.39 is 10.0 Å². The third-order valence-electron chi connectivity index (χ3n) is 6.04. The van der Waals surface area contributed by atoms with E-state index in [9.17, 15) is 13.2 Å². The number of amides is 1. The number of benzene rings is 2. The van der Waals surface area contributed by atoms with Crippen LogP contribution >= 0.6 is 15.9 Å². The van der Waals surface area contributed by atoms with Crippen molar-refractivity contribution in [3.63, 3.8) is 0 Å². The van der Waals surface area contributed by atoms with Crippen LogP contribution in [-0.4, -0.2) is 69.0 Å². The molecule has 0 atom stereocenters. The van der Waals surface area contributed by atoms with Crippen LogP contribution in [0, 0.1) is 0 Å². The molecule has 4 rings (SSSR count). The van der Waals surface area contributed by atoms with Gasteiger partial charge in [-0.1, -0.05) is 12.1 Å². The molecule has 202 valence electrons. The number of nitrogens with one attached hydrogen (secondary N) is 3. The van der Waals surface area contributed by atoms with Crippen LogP contribution in [0.1, 0.15) is 13.8 Å². The van der Waals surface area contributed by atoms with Gasteiger partial charge in [0.15, 0.2) is 0 Å². The van der Waals surface area contributed by atoms with Crippen LogP contribution in [-0.2, 0) is 14.8 Å². The number of rotatable bonds is 9. The molecule has 1 amide bonds. The van der Waals surface area contributed by atoms with E-state index in [1.54, 1.807) is 31.3 Å². The number of ether oxygens (including phenoxy) is 1. The second kappa shape index (κ2) is 12.0. The van der Waals surface area contributed by atoms with E-state index in [-0.39, 0.29) is 10.8 Å². The van der Waals surface area contributed by atoms with Crippen molar-refractivity contribution in [1.82, 2.24) is 19.6 Å². The number of para-hydroxylation sites is 1. The van der Waals surface area contributed by atoms with Gasteiger partial charge in [0.2, 0.25) is 21.9 Å². The minimum atomic E-state index is -3.68. The van der Waals surface area contributed by atoms with Crippen LogP contribution in [0.15, 0.2) is 58.0 Å². The molecule has 0 saturated carbocycles. The third kappa shape index (κ3) is 6.34. The molecule has 13 heteroatoms. The number of aromatic nitrogens is 2. The average Bonchev–Trinajstić information content (AvgIpc) is 2.92. The standard InChI is InChI=1S/C25H30BrN7O4S/c1-4-37-22-15-18(33-13-11-32(12-14-33)17(2)34)9-10-20(22)30-25-28-16-19(26)24(31-25)29-21-7-5-6-8-23(21)38(35,36)27-3/h5-10,15-16,27H,4,11-14H2,1-3H3,(H2,28,29,30,31). The lowest BCUT2D eigenvalue weighted by Crippen LogP contribution is -2.48. The van der Waals surface area contributed by atoms with Crippen molar-refractivity contribution in [3.8, 4) is 5.75 Å². The predicted octanol–water partition coefficient (Wildman–Crippen LogP) is 3.70. The maximum atomic E-state index is 12.4. The van der Waals surface area contributed by atoms with E-state index in [1.165, 1.54) is 13.1 Å². The van der Waals surface area contributed by atoms with Gasteiger partial charge in [0.25, 0.3) is 0 Å². The normalized spacial score (nSPS) is 13.8. The summed E-state index contributed by atoms with van der Waals surface area (Å²) in [6.45, 7) is 6.83. The van der Waals surface area contributed by atoms with Gasteiger partial charge in [0.1, 0.15) is 16.5 Å². The largest absolute Gasteiger partial charge is 0.492 e. The molecular weight excluding hydrogens is 574 g/mol. The molecule has 1 saturated heterocycles. The summed E-state index contributed by atoms with van der Waals surface area (Å²) in [6.07, 6.45) is 1.58. The first kappa shape index (κ1) is 27.6. The smallest absolute Gasteiger partial charge is 0.242 e. The number of hydrogen-bond donors (Lipinski definition) is 3. The summed E-state index contributed by atoms with van der Waals surface area (Å²) in [5, 5.41) is 6.30. The van der Waals surface area contributed by atoms with Gasteiger partial charge in [-0.15, -0.1) is 0 Å². The second-order valence-electron chi connectivity index (χ2n) is 8.45. The average molecular weight is 605 g/mol. The fraction of sp³-hybridized carbons (Fsp3) is 0.320. The quantitative estimate of drug-likeness (QED) is 0.335. The lowest BCUT2D eigenvalue weighted by atomic mass is 10.2. The van der Waals surface area contributed by atoms with Crippen molar-refractivity contribution < 1.29 is 17.9 Å². The molecule has 3 N–H and O–H groups in total. The van der Waals surface area contributed by atoms with E-state index in [2.05, 4.69) is 46.2 Å². The first-order chi connectivity index (χ1) is 18.2. The number of hydrogen-bond acceptors (Lipinski definition) is 9. The van der Waals surface area contributed by atoms with Crippen molar-refractivity contribution in [2.45, 2.75) is 18.7 Å². The van der Waals surface area contributed by atoms with Gasteiger partial charge in [-0.2, -0.15) is 4.98 Å². The highest BCUT2D eigenvalue weighted by Gasteiger charge is 2.21. The summed E-state index contributed by atoms with van der Waals surface area (Å²) in [6, 6.07) is 12.4. The number of carbonyl (C=O) groups excluding carboxylic acids is 1. The van der Waals surface area contributed by atoms with Crippen molar-refractivity contribution >= 4 is 60.7 Å². The Balaban J connectivity index is 1.56. The summed E-state index contributed by atoms with van der Waals surface area (Å²) >= 11 is 3.44. The van der Waals surface area contributed by atoms with Gasteiger partial charge >= 0.3 is 0 Å². The minimum Gasteiger partial charge on any atom is -0.492 e. The van der Waals surface area contributed by atoms with Gasteiger partial charge in [-0.3, -0.25) is 4.79 Å². The number of anilines is 5. The van der Waals surface area contributed by atoms with Crippen LogP contribution in [0.4, 0.5) is 28.8 Å². The highest BCUT2D eigenvalue weighted by molar-refractivity contribution is 9.10. The summed E-state index contributed by atoms with van der Waals surface area (Å²) < 4.78 is 33.7. The molecule has 38 heavy (non-hydrogen) atoms. The molecule has 1 fully saturated rings. The molecule has 0 bridgehead atoms. The molecule has 11 nitrogen and oxygen atoms in total. The maximum absolute atomic E-state index is 12.4. The Bertz CT molecular complexity index is 1410. The topological polar surface area (TPSA) is 129 Å². The molecule has 0 unspecified atom stereocenters. The third-order valence-corrected chi connectivity index (χ3v) is 8.10. The van der Waals surface area contributed by atoms with Crippen LogP contribution in [0.2, 0.25) is 0 Å². The summed E-state index contributed by atoms with van der Waals surface area (Å²) in [7, 11) is -2.32. The fourth-order valence-electron chi connectivity index (χ4n) is 4.04. The Hall–Kier alpha value is -3.42. The van der Waals surface area contributed by atoms with Gasteiger partial charge in [-0.25, -0.2) is 18.1 Å². The zero-order chi connectivity index (χ0) is 27.3. The molecule has 0 aliphatic carbocycles. The van der Waals surface area contributed by atoms with Crippen molar-refractivity contribution in [3.05, 3.63) is 53.1 Å². The Morgan fingerprint density at radius 1 is 1.08 bits per heavy atom. The SMILES string of the molecule is CCOc1cc(N2CCN(C(C)=O)CC2)ccc1Nc1ncc(Br)c(Nc2ccccc2S(=O)(=O)NC)n1. The van der Waals surface area contributed by atoms with Gasteiger partial charge in [0, 0.05) is 51.1 Å². The summed E-state index contributed by atoms with van der Waals surface area (Å²) in [5.41, 5.74) is 2.06. The Morgan fingerprint density at radius 2 is 1.82 bits per heavy atom. The molecule has 2 heterocycles. The number of sulfonamides is 1. The first-order valence-electron chi connectivity index (χ1n) is 12.1. The van der Waals surface area contributed by atoms with E-state index in [0.29, 0.717) is 53.1 Å². The summed E-state index contributed by atoms with van der Waals surface area (Å²) in [4.78, 5) is 24.7. The van der Waals surface area contributed by atoms with E-state index in [0.717, 1.165) is 18.8 Å². The first-order valence-corrected chi connectivity index (χ1v) is 14.4. The monoisotopic (exact) mass is 603 g/mol. The van der Waals surface area contributed by atoms with Crippen molar-refractivity contribution in [2.24, 2.45) is 0 Å². The molecular formula is C25H30BrN7O4S. The zero-order valence-corrected chi connectivity index (χ0v) is 23.8. The zero-order valence-electron chi connectivity index (χ0n) is 21.4. The lowest BCUT2D eigenvalue weighted by Gasteiger charge is -2.35. The molecule has 2 aromatic carbocycles. The van der Waals surface area contributed by atoms with Crippen molar-refractivity contribution in [2.75, 3.05) is 55.4 Å². The molecule has 0 radical (unpaired) electrons. The minimum absolute atomic E-state index is 0.0923. The van der Waals surface area contributed by atoms with Gasteiger partial charge in [-0.05, 0) is 54.2 Å². The van der Waals surface area contributed by atoms with E-state index in [1.807, 2.05) is 30.0 Å². The highest BCUT2D eigenvalue weighted by Crippen LogP contribution is 2.34.